The lowest BCUT2D eigenvalue weighted by Crippen LogP contribution is -2.30. The fourth-order valence-electron chi connectivity index (χ4n) is 2.51. The highest BCUT2D eigenvalue weighted by Gasteiger charge is 2.14. The molecular weight excluding hydrogens is 384 g/mol. The van der Waals surface area contributed by atoms with Gasteiger partial charge in [0.05, 0.1) is 0 Å². The Kier molecular flexibility index (Phi) is 6.98. The van der Waals surface area contributed by atoms with Crippen molar-refractivity contribution in [1.82, 2.24) is 5.32 Å². The highest BCUT2D eigenvalue weighted by molar-refractivity contribution is 6.30. The van der Waals surface area contributed by atoms with Gasteiger partial charge in [-0.3, -0.25) is 9.59 Å². The van der Waals surface area contributed by atoms with Crippen LogP contribution in [0, 0.1) is 0 Å². The summed E-state index contributed by atoms with van der Waals surface area (Å²) in [5.41, 5.74) is 2.15. The molecule has 0 fully saturated rings. The molecule has 0 aliphatic rings. The zero-order chi connectivity index (χ0) is 20.5. The first-order valence-electron chi connectivity index (χ1n) is 8.98. The number of hydrogen-bond donors (Lipinski definition) is 2. The molecule has 0 atom stereocenters. The summed E-state index contributed by atoms with van der Waals surface area (Å²) in [6.07, 6.45) is 5.14. The van der Waals surface area contributed by atoms with Gasteiger partial charge in [-0.15, -0.1) is 0 Å². The number of carbonyl (C=O) groups is 2. The summed E-state index contributed by atoms with van der Waals surface area (Å²) in [4.78, 5) is 25.3. The van der Waals surface area contributed by atoms with E-state index in [0.717, 1.165) is 5.56 Å². The van der Waals surface area contributed by atoms with Crippen LogP contribution in [-0.2, 0) is 4.79 Å². The summed E-state index contributed by atoms with van der Waals surface area (Å²) in [6.45, 7) is 0. The van der Waals surface area contributed by atoms with Gasteiger partial charge in [0.2, 0.25) is 0 Å². The van der Waals surface area contributed by atoms with Crippen LogP contribution in [0.15, 0.2) is 103 Å². The third kappa shape index (κ3) is 6.19. The minimum Gasteiger partial charge on any atom is -0.321 e. The molecule has 3 aromatic rings. The third-order valence-electron chi connectivity index (χ3n) is 3.98. The fraction of sp³-hybridized carbons (Fsp3) is 0. The Labute approximate surface area is 174 Å². The van der Waals surface area contributed by atoms with E-state index in [4.69, 9.17) is 11.6 Å². The fourth-order valence-corrected chi connectivity index (χ4v) is 2.64. The average Bonchev–Trinajstić information content (AvgIpc) is 2.76. The second-order valence-electron chi connectivity index (χ2n) is 6.13. The zero-order valence-corrected chi connectivity index (χ0v) is 16.3. The summed E-state index contributed by atoms with van der Waals surface area (Å²) < 4.78 is 0. The minimum atomic E-state index is -0.436. The second kappa shape index (κ2) is 10.1. The predicted molar refractivity (Wildman–Crippen MR) is 118 cm³/mol. The molecule has 0 bridgehead atoms. The van der Waals surface area contributed by atoms with Gasteiger partial charge < -0.3 is 10.6 Å². The van der Waals surface area contributed by atoms with Crippen LogP contribution in [0.5, 0.6) is 0 Å². The number of hydrogen-bond acceptors (Lipinski definition) is 2. The Balaban J connectivity index is 1.80. The van der Waals surface area contributed by atoms with Gasteiger partial charge in [-0.05, 0) is 48.0 Å². The molecule has 2 N–H and O–H groups in total. The van der Waals surface area contributed by atoms with Gasteiger partial charge in [0.15, 0.2) is 0 Å². The molecule has 0 radical (unpaired) electrons. The molecule has 0 aromatic heterocycles. The van der Waals surface area contributed by atoms with Crippen LogP contribution in [0.1, 0.15) is 15.9 Å². The van der Waals surface area contributed by atoms with Crippen molar-refractivity contribution in [3.63, 3.8) is 0 Å². The molecule has 0 saturated carbocycles. The SMILES string of the molecule is O=C(Nc1ccc(Cl)cc1)/C(=C/C=C/c1ccccc1)NC(=O)c1ccccc1. The molecule has 2 amide bonds. The maximum absolute atomic E-state index is 12.7. The van der Waals surface area contributed by atoms with Crippen molar-refractivity contribution in [3.8, 4) is 0 Å². The summed E-state index contributed by atoms with van der Waals surface area (Å²) in [5, 5.41) is 6.02. The van der Waals surface area contributed by atoms with Crippen LogP contribution in [0.3, 0.4) is 0 Å². The number of anilines is 1. The van der Waals surface area contributed by atoms with Crippen molar-refractivity contribution in [2.75, 3.05) is 5.32 Å². The lowest BCUT2D eigenvalue weighted by atomic mass is 10.2. The molecule has 29 heavy (non-hydrogen) atoms. The highest BCUT2D eigenvalue weighted by Crippen LogP contribution is 2.14. The molecule has 4 nitrogen and oxygen atoms in total. The minimum absolute atomic E-state index is 0.126. The maximum Gasteiger partial charge on any atom is 0.272 e. The van der Waals surface area contributed by atoms with Gasteiger partial charge in [-0.2, -0.15) is 0 Å². The topological polar surface area (TPSA) is 58.2 Å². The average molecular weight is 403 g/mol. The van der Waals surface area contributed by atoms with Crippen LogP contribution in [0.2, 0.25) is 5.02 Å². The van der Waals surface area contributed by atoms with Gasteiger partial charge in [-0.25, -0.2) is 0 Å². The largest absolute Gasteiger partial charge is 0.321 e. The standard InChI is InChI=1S/C24H19ClN2O2/c25-20-14-16-21(17-15-20)26-24(29)22(13-7-10-18-8-3-1-4-9-18)27-23(28)19-11-5-2-6-12-19/h1-17H,(H,26,29)(H,27,28)/b10-7+,22-13-. The quantitative estimate of drug-likeness (QED) is 0.434. The van der Waals surface area contributed by atoms with E-state index in [9.17, 15) is 9.59 Å². The van der Waals surface area contributed by atoms with Crippen LogP contribution >= 0.6 is 11.6 Å². The van der Waals surface area contributed by atoms with Crippen LogP contribution in [-0.4, -0.2) is 11.8 Å². The van der Waals surface area contributed by atoms with E-state index in [1.54, 1.807) is 60.7 Å². The molecule has 0 aliphatic heterocycles. The van der Waals surface area contributed by atoms with E-state index in [1.165, 1.54) is 0 Å². The molecule has 0 spiro atoms. The lowest BCUT2D eigenvalue weighted by Gasteiger charge is -2.10. The number of allylic oxidation sites excluding steroid dienone is 2. The number of halogens is 1. The Bertz CT molecular complexity index is 1030. The first-order valence-corrected chi connectivity index (χ1v) is 9.36. The van der Waals surface area contributed by atoms with Crippen molar-refractivity contribution in [2.45, 2.75) is 0 Å². The Morgan fingerprint density at radius 2 is 1.41 bits per heavy atom. The normalized spacial score (nSPS) is 11.3. The maximum atomic E-state index is 12.7. The molecule has 3 aromatic carbocycles. The lowest BCUT2D eigenvalue weighted by molar-refractivity contribution is -0.113. The Morgan fingerprint density at radius 3 is 2.07 bits per heavy atom. The molecule has 3 rings (SSSR count). The van der Waals surface area contributed by atoms with E-state index in [-0.39, 0.29) is 11.6 Å². The molecule has 0 saturated heterocycles. The first kappa shape index (κ1) is 20.1. The Hall–Kier alpha value is -3.63. The van der Waals surface area contributed by atoms with E-state index in [2.05, 4.69) is 10.6 Å². The van der Waals surface area contributed by atoms with E-state index < -0.39 is 5.91 Å². The van der Waals surface area contributed by atoms with Gasteiger partial charge in [0.1, 0.15) is 5.70 Å². The van der Waals surface area contributed by atoms with E-state index in [1.807, 2.05) is 42.5 Å². The van der Waals surface area contributed by atoms with Gasteiger partial charge in [-0.1, -0.05) is 72.3 Å². The van der Waals surface area contributed by atoms with Crippen LogP contribution < -0.4 is 10.6 Å². The summed E-state index contributed by atoms with van der Waals surface area (Å²) >= 11 is 5.88. The molecule has 0 aliphatic carbocycles. The molecule has 144 valence electrons. The summed E-state index contributed by atoms with van der Waals surface area (Å²) in [5.74, 6) is -0.800. The van der Waals surface area contributed by atoms with Crippen molar-refractivity contribution in [2.24, 2.45) is 0 Å². The third-order valence-corrected chi connectivity index (χ3v) is 4.23. The van der Waals surface area contributed by atoms with Crippen molar-refractivity contribution in [1.29, 1.82) is 0 Å². The molecule has 5 heteroatoms. The summed E-state index contributed by atoms with van der Waals surface area (Å²) in [6, 6.07) is 25.1. The van der Waals surface area contributed by atoms with Gasteiger partial charge >= 0.3 is 0 Å². The van der Waals surface area contributed by atoms with Crippen molar-refractivity contribution < 1.29 is 9.59 Å². The van der Waals surface area contributed by atoms with Crippen LogP contribution in [0.4, 0.5) is 5.69 Å². The number of benzene rings is 3. The highest BCUT2D eigenvalue weighted by atomic mass is 35.5. The first-order chi connectivity index (χ1) is 14.1. The van der Waals surface area contributed by atoms with Crippen molar-refractivity contribution in [3.05, 3.63) is 119 Å². The van der Waals surface area contributed by atoms with Crippen molar-refractivity contribution >= 4 is 35.2 Å². The number of nitrogens with one attached hydrogen (secondary N) is 2. The van der Waals surface area contributed by atoms with Crippen LogP contribution in [0.25, 0.3) is 6.08 Å². The Morgan fingerprint density at radius 1 is 0.793 bits per heavy atom. The van der Waals surface area contributed by atoms with E-state index in [0.29, 0.717) is 16.3 Å². The van der Waals surface area contributed by atoms with E-state index >= 15 is 0 Å². The summed E-state index contributed by atoms with van der Waals surface area (Å²) in [7, 11) is 0. The smallest absolute Gasteiger partial charge is 0.272 e. The number of rotatable bonds is 6. The number of carbonyl (C=O) groups excluding carboxylic acids is 2. The molecule has 0 heterocycles. The van der Waals surface area contributed by atoms with Gasteiger partial charge in [0.25, 0.3) is 11.8 Å². The second-order valence-corrected chi connectivity index (χ2v) is 6.57. The van der Waals surface area contributed by atoms with Gasteiger partial charge in [0, 0.05) is 16.3 Å². The molecule has 0 unspecified atom stereocenters. The predicted octanol–water partition coefficient (Wildman–Crippen LogP) is 5.31. The monoisotopic (exact) mass is 402 g/mol. The molecular formula is C24H19ClN2O2. The zero-order valence-electron chi connectivity index (χ0n) is 15.5. The number of amides is 2.